The van der Waals surface area contributed by atoms with Crippen molar-refractivity contribution >= 4 is 21.8 Å². The maximum Gasteiger partial charge on any atom is 0.224 e. The first-order valence-electron chi connectivity index (χ1n) is 6.46. The fourth-order valence-corrected chi connectivity index (χ4v) is 2.98. The van der Waals surface area contributed by atoms with Crippen LogP contribution in [0, 0.1) is 0 Å². The van der Waals surface area contributed by atoms with Crippen LogP contribution in [0.2, 0.25) is 0 Å². The number of likely N-dealkylation sites (tertiary alicyclic amines) is 1. The normalized spacial score (nSPS) is 22.4. The molecule has 6 heteroatoms. The molecule has 2 atom stereocenters. The van der Waals surface area contributed by atoms with E-state index in [1.165, 1.54) is 0 Å². The molecule has 20 heavy (non-hydrogen) atoms. The number of nitrogens with zero attached hydrogens (tertiary/aromatic N) is 1. The lowest BCUT2D eigenvalue weighted by Gasteiger charge is -2.28. The fraction of sp³-hybridized carbons (Fsp3) is 0.500. The number of hydrogen-bond donors (Lipinski definition) is 1. The zero-order chi connectivity index (χ0) is 14.7. The fourth-order valence-electron chi connectivity index (χ4n) is 2.61. The molecule has 0 spiro atoms. The Morgan fingerprint density at radius 2 is 2.20 bits per heavy atom. The number of ether oxygens (including phenoxy) is 2. The first-order chi connectivity index (χ1) is 9.58. The molecule has 0 saturated carbocycles. The molecule has 0 radical (unpaired) electrons. The number of hydrogen-bond acceptors (Lipinski definition) is 4. The third-order valence-corrected chi connectivity index (χ3v) is 4.01. The van der Waals surface area contributed by atoms with Crippen LogP contribution in [0.1, 0.15) is 18.0 Å². The largest absolute Gasteiger partial charge is 0.496 e. The molecule has 110 valence electrons. The van der Waals surface area contributed by atoms with Crippen molar-refractivity contribution in [2.24, 2.45) is 5.73 Å². The van der Waals surface area contributed by atoms with Gasteiger partial charge in [-0.05, 0) is 18.2 Å². The van der Waals surface area contributed by atoms with Crippen molar-refractivity contribution in [2.75, 3.05) is 27.4 Å². The Kier molecular flexibility index (Phi) is 5.01. The summed E-state index contributed by atoms with van der Waals surface area (Å²) in [7, 11) is 3.24. The highest BCUT2D eigenvalue weighted by atomic mass is 79.9. The van der Waals surface area contributed by atoms with Crippen LogP contribution in [0.25, 0.3) is 0 Å². The monoisotopic (exact) mass is 342 g/mol. The maximum atomic E-state index is 12.1. The summed E-state index contributed by atoms with van der Waals surface area (Å²) < 4.78 is 11.4. The summed E-state index contributed by atoms with van der Waals surface area (Å²) in [4.78, 5) is 13.9. The van der Waals surface area contributed by atoms with Crippen LogP contribution in [0.5, 0.6) is 5.75 Å². The topological polar surface area (TPSA) is 64.8 Å². The summed E-state index contributed by atoms with van der Waals surface area (Å²) in [6.45, 7) is 1.02. The van der Waals surface area contributed by atoms with Gasteiger partial charge in [-0.2, -0.15) is 0 Å². The Balaban J connectivity index is 2.37. The van der Waals surface area contributed by atoms with E-state index in [1.54, 1.807) is 19.1 Å². The van der Waals surface area contributed by atoms with Crippen LogP contribution in [0.4, 0.5) is 0 Å². The summed E-state index contributed by atoms with van der Waals surface area (Å²) in [6, 6.07) is 5.34. The van der Waals surface area contributed by atoms with Crippen LogP contribution >= 0.6 is 15.9 Å². The zero-order valence-corrected chi connectivity index (χ0v) is 13.2. The summed E-state index contributed by atoms with van der Waals surface area (Å²) >= 11 is 3.46. The van der Waals surface area contributed by atoms with Crippen molar-refractivity contribution in [3.8, 4) is 5.75 Å². The molecule has 1 aliphatic rings. The van der Waals surface area contributed by atoms with E-state index in [-0.39, 0.29) is 18.0 Å². The molecule has 2 rings (SSSR count). The minimum absolute atomic E-state index is 0.0570. The molecular weight excluding hydrogens is 324 g/mol. The molecule has 1 amide bonds. The van der Waals surface area contributed by atoms with Gasteiger partial charge in [0, 0.05) is 36.2 Å². The van der Waals surface area contributed by atoms with E-state index in [4.69, 9.17) is 15.2 Å². The number of halogens is 1. The second kappa shape index (κ2) is 6.56. The number of carbonyl (C=O) groups excluding carboxylic acids is 1. The molecule has 1 aliphatic heterocycles. The molecule has 2 N–H and O–H groups in total. The molecule has 0 bridgehead atoms. The van der Waals surface area contributed by atoms with Crippen molar-refractivity contribution < 1.29 is 14.3 Å². The van der Waals surface area contributed by atoms with E-state index in [0.717, 1.165) is 15.8 Å². The molecule has 1 aromatic rings. The van der Waals surface area contributed by atoms with Gasteiger partial charge in [0.2, 0.25) is 5.91 Å². The van der Waals surface area contributed by atoms with E-state index in [1.807, 2.05) is 18.2 Å². The van der Waals surface area contributed by atoms with E-state index >= 15 is 0 Å². The van der Waals surface area contributed by atoms with E-state index in [2.05, 4.69) is 15.9 Å². The van der Waals surface area contributed by atoms with E-state index in [0.29, 0.717) is 19.6 Å². The predicted octanol–water partition coefficient (Wildman–Crippen LogP) is 1.70. The van der Waals surface area contributed by atoms with Gasteiger partial charge in [0.05, 0.1) is 19.8 Å². The number of carbonyl (C=O) groups is 1. The van der Waals surface area contributed by atoms with E-state index in [9.17, 15) is 4.79 Å². The van der Waals surface area contributed by atoms with Gasteiger partial charge in [0.25, 0.3) is 0 Å². The number of rotatable bonds is 5. The van der Waals surface area contributed by atoms with Gasteiger partial charge in [-0.3, -0.25) is 4.79 Å². The first-order valence-corrected chi connectivity index (χ1v) is 7.25. The second-order valence-corrected chi connectivity index (χ2v) is 5.69. The van der Waals surface area contributed by atoms with Gasteiger partial charge >= 0.3 is 0 Å². The standard InChI is InChI=1S/C14H19BrN2O3/c1-19-6-5-17-13(18)8-11(16)14(17)10-7-9(15)3-4-12(10)20-2/h3-4,7,11,14H,5-6,8,16H2,1-2H3. The Bertz CT molecular complexity index is 495. The first kappa shape index (κ1) is 15.3. The summed E-state index contributed by atoms with van der Waals surface area (Å²) in [5.41, 5.74) is 7.09. The van der Waals surface area contributed by atoms with Gasteiger partial charge in [0.15, 0.2) is 0 Å². The Labute approximate surface area is 127 Å². The van der Waals surface area contributed by atoms with Crippen molar-refractivity contribution in [1.82, 2.24) is 4.90 Å². The zero-order valence-electron chi connectivity index (χ0n) is 11.6. The van der Waals surface area contributed by atoms with Crippen molar-refractivity contribution in [3.63, 3.8) is 0 Å². The highest BCUT2D eigenvalue weighted by molar-refractivity contribution is 9.10. The van der Waals surface area contributed by atoms with Crippen molar-refractivity contribution in [3.05, 3.63) is 28.2 Å². The van der Waals surface area contributed by atoms with Gasteiger partial charge in [-0.25, -0.2) is 0 Å². The third-order valence-electron chi connectivity index (χ3n) is 3.52. The predicted molar refractivity (Wildman–Crippen MR) is 79.6 cm³/mol. The van der Waals surface area contributed by atoms with Crippen molar-refractivity contribution in [1.29, 1.82) is 0 Å². The third kappa shape index (κ3) is 2.97. The molecular formula is C14H19BrN2O3. The average molecular weight is 343 g/mol. The van der Waals surface area contributed by atoms with Crippen LogP contribution in [0.3, 0.4) is 0 Å². The number of benzene rings is 1. The molecule has 0 aromatic heterocycles. The SMILES string of the molecule is COCCN1C(=O)CC(N)C1c1cc(Br)ccc1OC. The van der Waals surface area contributed by atoms with Gasteiger partial charge in [-0.1, -0.05) is 15.9 Å². The highest BCUT2D eigenvalue weighted by Crippen LogP contribution is 2.38. The number of nitrogens with two attached hydrogens (primary N) is 1. The van der Waals surface area contributed by atoms with Gasteiger partial charge in [0.1, 0.15) is 5.75 Å². The second-order valence-electron chi connectivity index (χ2n) is 4.78. The average Bonchev–Trinajstić information content (AvgIpc) is 2.70. The lowest BCUT2D eigenvalue weighted by atomic mass is 9.99. The lowest BCUT2D eigenvalue weighted by Crippen LogP contribution is -2.35. The van der Waals surface area contributed by atoms with Crippen LogP contribution in [-0.4, -0.2) is 44.2 Å². The van der Waals surface area contributed by atoms with Gasteiger partial charge < -0.3 is 20.1 Å². The highest BCUT2D eigenvalue weighted by Gasteiger charge is 2.39. The molecule has 1 aromatic carbocycles. The molecule has 1 fully saturated rings. The lowest BCUT2D eigenvalue weighted by molar-refractivity contribution is -0.129. The summed E-state index contributed by atoms with van der Waals surface area (Å²) in [5.74, 6) is 0.798. The van der Waals surface area contributed by atoms with Crippen LogP contribution < -0.4 is 10.5 Å². The Morgan fingerprint density at radius 3 is 2.85 bits per heavy atom. The summed E-state index contributed by atoms with van der Waals surface area (Å²) in [6.07, 6.45) is 0.351. The minimum atomic E-state index is -0.234. The van der Waals surface area contributed by atoms with E-state index < -0.39 is 0 Å². The smallest absolute Gasteiger partial charge is 0.224 e. The van der Waals surface area contributed by atoms with Crippen molar-refractivity contribution in [2.45, 2.75) is 18.5 Å². The number of methoxy groups -OCH3 is 2. The Morgan fingerprint density at radius 1 is 1.45 bits per heavy atom. The minimum Gasteiger partial charge on any atom is -0.496 e. The van der Waals surface area contributed by atoms with Crippen LogP contribution in [0.15, 0.2) is 22.7 Å². The molecule has 0 aliphatic carbocycles. The quantitative estimate of drug-likeness (QED) is 0.884. The van der Waals surface area contributed by atoms with Gasteiger partial charge in [-0.15, -0.1) is 0 Å². The molecule has 2 unspecified atom stereocenters. The number of amides is 1. The Hall–Kier alpha value is -1.11. The van der Waals surface area contributed by atoms with Crippen LogP contribution in [-0.2, 0) is 9.53 Å². The molecule has 1 saturated heterocycles. The summed E-state index contributed by atoms with van der Waals surface area (Å²) in [5, 5.41) is 0. The molecule has 1 heterocycles. The maximum absolute atomic E-state index is 12.1. The molecule has 5 nitrogen and oxygen atoms in total.